The zero-order chi connectivity index (χ0) is 12.0. The number of methoxy groups -OCH3 is 1. The Morgan fingerprint density at radius 1 is 1.38 bits per heavy atom. The second-order valence-corrected chi connectivity index (χ2v) is 3.47. The Labute approximate surface area is 102 Å². The van der Waals surface area contributed by atoms with Gasteiger partial charge in [0, 0.05) is 10.9 Å². The van der Waals surface area contributed by atoms with Gasteiger partial charge in [0.2, 0.25) is 0 Å². The zero-order valence-electron chi connectivity index (χ0n) is 9.07. The third-order valence-corrected chi connectivity index (χ3v) is 2.58. The van der Waals surface area contributed by atoms with Crippen molar-refractivity contribution in [1.29, 1.82) is 0 Å². The Kier molecular flexibility index (Phi) is 4.98. The quantitative estimate of drug-likeness (QED) is 0.368. The summed E-state index contributed by atoms with van der Waals surface area (Å²) in [5.74, 6) is -0.518. The average molecular weight is 286 g/mol. The normalized spacial score (nSPS) is 11.1. The highest BCUT2D eigenvalue weighted by molar-refractivity contribution is 9.08. The average Bonchev–Trinajstić information content (AvgIpc) is 2.35. The molecule has 0 radical (unpaired) electrons. The predicted molar refractivity (Wildman–Crippen MR) is 64.6 cm³/mol. The monoisotopic (exact) mass is 285 g/mol. The molecule has 0 saturated heterocycles. The molecule has 0 aliphatic carbocycles. The number of alkyl halides is 1. The molecule has 5 heteroatoms. The maximum atomic E-state index is 11.5. The molecule has 0 atom stereocenters. The summed E-state index contributed by atoms with van der Waals surface area (Å²) in [4.78, 5) is 16.2. The Morgan fingerprint density at radius 2 is 2.06 bits per heavy atom. The minimum absolute atomic E-state index is 0.167. The number of carbonyl (C=O) groups is 1. The fraction of sp³-hybridized carbons (Fsp3) is 0.273. The number of benzene rings is 1. The molecule has 0 saturated carbocycles. The van der Waals surface area contributed by atoms with E-state index in [1.807, 2.05) is 18.2 Å². The Bertz CT molecular complexity index is 404. The van der Waals surface area contributed by atoms with E-state index in [-0.39, 0.29) is 5.71 Å². The highest BCUT2D eigenvalue weighted by Gasteiger charge is 2.18. The summed E-state index contributed by atoms with van der Waals surface area (Å²) in [7, 11) is 2.70. The van der Waals surface area contributed by atoms with Crippen molar-refractivity contribution in [2.24, 2.45) is 5.16 Å². The summed E-state index contributed by atoms with van der Waals surface area (Å²) in [5.41, 5.74) is 1.82. The van der Waals surface area contributed by atoms with Gasteiger partial charge < -0.3 is 9.57 Å². The van der Waals surface area contributed by atoms with Crippen LogP contribution in [0, 0.1) is 0 Å². The lowest BCUT2D eigenvalue weighted by Crippen LogP contribution is -2.19. The lowest BCUT2D eigenvalue weighted by Gasteiger charge is -2.07. The summed E-state index contributed by atoms with van der Waals surface area (Å²) >= 11 is 3.35. The van der Waals surface area contributed by atoms with E-state index in [0.29, 0.717) is 10.9 Å². The molecule has 1 rings (SSSR count). The third kappa shape index (κ3) is 2.82. The first-order chi connectivity index (χ1) is 7.74. The number of ether oxygens (including phenoxy) is 1. The molecule has 1 aromatic carbocycles. The predicted octanol–water partition coefficient (Wildman–Crippen LogP) is 2.11. The minimum atomic E-state index is -0.518. The molecule has 0 bridgehead atoms. The number of oxime groups is 1. The molecule has 16 heavy (non-hydrogen) atoms. The molecule has 0 spiro atoms. The van der Waals surface area contributed by atoms with Crippen molar-refractivity contribution in [3.05, 3.63) is 35.4 Å². The second-order valence-electron chi connectivity index (χ2n) is 2.90. The fourth-order valence-corrected chi connectivity index (χ4v) is 1.74. The van der Waals surface area contributed by atoms with E-state index in [1.54, 1.807) is 6.07 Å². The van der Waals surface area contributed by atoms with Gasteiger partial charge in [-0.2, -0.15) is 0 Å². The van der Waals surface area contributed by atoms with E-state index in [0.717, 1.165) is 5.56 Å². The van der Waals surface area contributed by atoms with Gasteiger partial charge in [-0.3, -0.25) is 0 Å². The van der Waals surface area contributed by atoms with E-state index in [9.17, 15) is 4.79 Å². The van der Waals surface area contributed by atoms with Crippen LogP contribution in [0.25, 0.3) is 0 Å². The molecular formula is C11H12BrNO3. The van der Waals surface area contributed by atoms with Gasteiger partial charge in [-0.1, -0.05) is 45.4 Å². The van der Waals surface area contributed by atoms with Crippen LogP contribution in [0.1, 0.15) is 11.1 Å². The van der Waals surface area contributed by atoms with Gasteiger partial charge in [-0.25, -0.2) is 4.79 Å². The van der Waals surface area contributed by atoms with Crippen LogP contribution in [-0.4, -0.2) is 25.9 Å². The van der Waals surface area contributed by atoms with E-state index < -0.39 is 5.97 Å². The highest BCUT2D eigenvalue weighted by atomic mass is 79.9. The number of rotatable bonds is 4. The van der Waals surface area contributed by atoms with E-state index in [1.165, 1.54) is 14.2 Å². The molecule has 0 unspecified atom stereocenters. The van der Waals surface area contributed by atoms with Crippen molar-refractivity contribution < 1.29 is 14.4 Å². The first-order valence-electron chi connectivity index (χ1n) is 4.58. The van der Waals surface area contributed by atoms with Gasteiger partial charge in [-0.15, -0.1) is 0 Å². The summed E-state index contributed by atoms with van der Waals surface area (Å²) < 4.78 is 4.65. The number of carbonyl (C=O) groups excluding carboxylic acids is 1. The smallest absolute Gasteiger partial charge is 0.360 e. The van der Waals surface area contributed by atoms with Crippen LogP contribution in [0.4, 0.5) is 0 Å². The van der Waals surface area contributed by atoms with Crippen LogP contribution in [0.5, 0.6) is 0 Å². The molecule has 0 aliphatic heterocycles. The molecule has 0 heterocycles. The standard InChI is InChI=1S/C11H12BrNO3/c1-15-11(14)10(13-16-2)9-6-4-3-5-8(9)7-12/h3-6H,7H2,1-2H3/b13-10-. The van der Waals surface area contributed by atoms with Crippen molar-refractivity contribution in [2.75, 3.05) is 14.2 Å². The van der Waals surface area contributed by atoms with Gasteiger partial charge in [0.15, 0.2) is 5.71 Å². The summed E-state index contributed by atoms with van der Waals surface area (Å²) in [5, 5.41) is 4.32. The van der Waals surface area contributed by atoms with E-state index in [4.69, 9.17) is 0 Å². The summed E-state index contributed by atoms with van der Waals surface area (Å²) in [6.45, 7) is 0. The van der Waals surface area contributed by atoms with Crippen LogP contribution >= 0.6 is 15.9 Å². The van der Waals surface area contributed by atoms with Crippen LogP contribution in [0.3, 0.4) is 0 Å². The van der Waals surface area contributed by atoms with Gasteiger partial charge in [0.25, 0.3) is 0 Å². The SMILES string of the molecule is CO/N=C(\C(=O)OC)c1ccccc1CBr. The molecular weight excluding hydrogens is 274 g/mol. The Balaban J connectivity index is 3.21. The highest BCUT2D eigenvalue weighted by Crippen LogP contribution is 2.14. The number of halogens is 1. The molecule has 0 aromatic heterocycles. The summed E-state index contributed by atoms with van der Waals surface area (Å²) in [6, 6.07) is 7.42. The molecule has 1 aromatic rings. The summed E-state index contributed by atoms with van der Waals surface area (Å²) in [6.07, 6.45) is 0. The molecule has 86 valence electrons. The third-order valence-electron chi connectivity index (χ3n) is 1.98. The molecule has 0 aliphatic rings. The van der Waals surface area contributed by atoms with E-state index >= 15 is 0 Å². The van der Waals surface area contributed by atoms with Gasteiger partial charge in [0.1, 0.15) is 7.11 Å². The number of hydrogen-bond donors (Lipinski definition) is 0. The van der Waals surface area contributed by atoms with Crippen LogP contribution < -0.4 is 0 Å². The van der Waals surface area contributed by atoms with Crippen molar-refractivity contribution in [3.8, 4) is 0 Å². The largest absolute Gasteiger partial charge is 0.464 e. The molecule has 0 fully saturated rings. The van der Waals surface area contributed by atoms with Crippen LogP contribution in [0.15, 0.2) is 29.4 Å². The topological polar surface area (TPSA) is 47.9 Å². The van der Waals surface area contributed by atoms with Crippen LogP contribution in [0.2, 0.25) is 0 Å². The van der Waals surface area contributed by atoms with Crippen molar-refractivity contribution >= 4 is 27.6 Å². The zero-order valence-corrected chi connectivity index (χ0v) is 10.7. The fourth-order valence-electron chi connectivity index (χ4n) is 1.25. The first kappa shape index (κ1) is 12.7. The van der Waals surface area contributed by atoms with Crippen LogP contribution in [-0.2, 0) is 19.7 Å². The van der Waals surface area contributed by atoms with Crippen molar-refractivity contribution in [2.45, 2.75) is 5.33 Å². The lowest BCUT2D eigenvalue weighted by atomic mass is 10.0. The number of esters is 1. The lowest BCUT2D eigenvalue weighted by molar-refractivity contribution is -0.132. The maximum absolute atomic E-state index is 11.5. The Morgan fingerprint density at radius 3 is 2.62 bits per heavy atom. The maximum Gasteiger partial charge on any atom is 0.360 e. The van der Waals surface area contributed by atoms with Crippen molar-refractivity contribution in [1.82, 2.24) is 0 Å². The van der Waals surface area contributed by atoms with Gasteiger partial charge in [0.05, 0.1) is 7.11 Å². The van der Waals surface area contributed by atoms with Gasteiger partial charge in [-0.05, 0) is 5.56 Å². The second kappa shape index (κ2) is 6.27. The minimum Gasteiger partial charge on any atom is -0.464 e. The Hall–Kier alpha value is -1.36. The van der Waals surface area contributed by atoms with E-state index in [2.05, 4.69) is 30.7 Å². The number of hydrogen-bond acceptors (Lipinski definition) is 4. The van der Waals surface area contributed by atoms with Gasteiger partial charge >= 0.3 is 5.97 Å². The molecule has 4 nitrogen and oxygen atoms in total. The number of nitrogens with zero attached hydrogens (tertiary/aromatic N) is 1. The first-order valence-corrected chi connectivity index (χ1v) is 5.70. The molecule has 0 N–H and O–H groups in total. The van der Waals surface area contributed by atoms with Crippen molar-refractivity contribution in [3.63, 3.8) is 0 Å². The molecule has 0 amide bonds.